The molecule has 0 aliphatic carbocycles. The summed E-state index contributed by atoms with van der Waals surface area (Å²) >= 11 is 3.03. The maximum absolute atomic E-state index is 12.3. The molecule has 1 aliphatic rings. The molecule has 1 aliphatic heterocycles. The fourth-order valence-corrected chi connectivity index (χ4v) is 5.11. The number of morpholine rings is 1. The van der Waals surface area contributed by atoms with Crippen molar-refractivity contribution in [1.82, 2.24) is 10.3 Å². The van der Waals surface area contributed by atoms with Crippen molar-refractivity contribution in [3.63, 3.8) is 0 Å². The van der Waals surface area contributed by atoms with Crippen molar-refractivity contribution >= 4 is 44.7 Å². The molecule has 0 bridgehead atoms. The predicted octanol–water partition coefficient (Wildman–Crippen LogP) is 3.92. The van der Waals surface area contributed by atoms with Crippen LogP contribution in [0, 0.1) is 0 Å². The van der Waals surface area contributed by atoms with Gasteiger partial charge in [0.1, 0.15) is 11.3 Å². The normalized spacial score (nSPS) is 15.3. The van der Waals surface area contributed by atoms with Crippen LogP contribution in [-0.2, 0) is 11.2 Å². The summed E-state index contributed by atoms with van der Waals surface area (Å²) in [5.74, 6) is 0.662. The second-order valence-electron chi connectivity index (χ2n) is 6.76. The number of hydrogen-bond donors (Lipinski definition) is 1. The Balaban J connectivity index is 1.50. The van der Waals surface area contributed by atoms with Gasteiger partial charge >= 0.3 is 6.09 Å². The number of benzene rings is 1. The summed E-state index contributed by atoms with van der Waals surface area (Å²) in [6.45, 7) is 4.98. The monoisotopic (exact) mass is 433 g/mol. The van der Waals surface area contributed by atoms with Crippen molar-refractivity contribution in [3.05, 3.63) is 34.5 Å². The zero-order valence-electron chi connectivity index (χ0n) is 16.3. The first-order chi connectivity index (χ1) is 14.1. The van der Waals surface area contributed by atoms with Gasteiger partial charge in [0, 0.05) is 30.4 Å². The number of rotatable bonds is 6. The maximum Gasteiger partial charge on any atom is 0.414 e. The number of anilines is 1. The van der Waals surface area contributed by atoms with Crippen LogP contribution in [0.25, 0.3) is 10.2 Å². The van der Waals surface area contributed by atoms with E-state index in [1.165, 1.54) is 16.2 Å². The topological polar surface area (TPSA) is 72.9 Å². The zero-order valence-corrected chi connectivity index (χ0v) is 18.0. The summed E-state index contributed by atoms with van der Waals surface area (Å²) in [4.78, 5) is 20.3. The number of ether oxygens (including phenoxy) is 3. The van der Waals surface area contributed by atoms with E-state index in [9.17, 15) is 4.79 Å². The molecule has 29 heavy (non-hydrogen) atoms. The van der Waals surface area contributed by atoms with E-state index in [4.69, 9.17) is 14.2 Å². The lowest BCUT2D eigenvalue weighted by Crippen LogP contribution is -2.36. The third-order valence-corrected chi connectivity index (χ3v) is 6.52. The Kier molecular flexibility index (Phi) is 6.17. The van der Waals surface area contributed by atoms with E-state index in [1.807, 2.05) is 30.5 Å². The molecule has 1 unspecified atom stereocenters. The first-order valence-electron chi connectivity index (χ1n) is 9.45. The Morgan fingerprint density at radius 3 is 2.90 bits per heavy atom. The third kappa shape index (κ3) is 4.63. The van der Waals surface area contributed by atoms with Gasteiger partial charge in [0.05, 0.1) is 30.7 Å². The Morgan fingerprint density at radius 1 is 1.34 bits per heavy atom. The number of nitrogens with one attached hydrogen (secondary N) is 1. The minimum absolute atomic E-state index is 0.0334. The SMILES string of the molecule is COc1ccc(N2CCOCC2)c2sc(OC(=O)NC(C)Cc3cccs3)nc12. The van der Waals surface area contributed by atoms with E-state index in [1.54, 1.807) is 18.4 Å². The molecular formula is C20H23N3O4S2. The van der Waals surface area contributed by atoms with Crippen LogP contribution in [0.3, 0.4) is 0 Å². The van der Waals surface area contributed by atoms with Crippen molar-refractivity contribution in [3.8, 4) is 10.9 Å². The largest absolute Gasteiger partial charge is 0.494 e. The van der Waals surface area contributed by atoms with E-state index in [0.29, 0.717) is 29.7 Å². The molecule has 1 fully saturated rings. The van der Waals surface area contributed by atoms with Crippen LogP contribution >= 0.6 is 22.7 Å². The number of thiazole rings is 1. The molecule has 3 heterocycles. The van der Waals surface area contributed by atoms with Crippen LogP contribution < -0.4 is 19.7 Å². The maximum atomic E-state index is 12.3. The van der Waals surface area contributed by atoms with Gasteiger partial charge in [-0.15, -0.1) is 11.3 Å². The number of hydrogen-bond acceptors (Lipinski definition) is 8. The van der Waals surface area contributed by atoms with Crippen LogP contribution in [0.1, 0.15) is 11.8 Å². The predicted molar refractivity (Wildman–Crippen MR) is 116 cm³/mol. The molecule has 0 spiro atoms. The number of thiophene rings is 1. The Hall–Kier alpha value is -2.36. The van der Waals surface area contributed by atoms with Gasteiger partial charge in [-0.2, -0.15) is 4.98 Å². The second kappa shape index (κ2) is 8.98. The molecule has 0 saturated carbocycles. The molecule has 1 saturated heterocycles. The highest BCUT2D eigenvalue weighted by molar-refractivity contribution is 7.21. The molecule has 1 atom stereocenters. The van der Waals surface area contributed by atoms with Gasteiger partial charge in [0.25, 0.3) is 5.19 Å². The second-order valence-corrected chi connectivity index (χ2v) is 8.76. The molecule has 2 aromatic heterocycles. The number of carbonyl (C=O) groups is 1. The molecule has 3 aromatic rings. The first-order valence-corrected chi connectivity index (χ1v) is 11.1. The van der Waals surface area contributed by atoms with E-state index in [0.717, 1.165) is 29.9 Å². The summed E-state index contributed by atoms with van der Waals surface area (Å²) in [5, 5.41) is 5.21. The van der Waals surface area contributed by atoms with Gasteiger partial charge in [0.15, 0.2) is 0 Å². The highest BCUT2D eigenvalue weighted by Crippen LogP contribution is 2.40. The lowest BCUT2D eigenvalue weighted by molar-refractivity contribution is 0.123. The van der Waals surface area contributed by atoms with E-state index < -0.39 is 6.09 Å². The number of carbonyl (C=O) groups excluding carboxylic acids is 1. The lowest BCUT2D eigenvalue weighted by atomic mass is 10.2. The van der Waals surface area contributed by atoms with Gasteiger partial charge in [-0.05, 0) is 30.5 Å². The van der Waals surface area contributed by atoms with Gasteiger partial charge in [-0.3, -0.25) is 0 Å². The highest BCUT2D eigenvalue weighted by atomic mass is 32.1. The van der Waals surface area contributed by atoms with Crippen LogP contribution in [0.2, 0.25) is 0 Å². The summed E-state index contributed by atoms with van der Waals surface area (Å²) in [5.41, 5.74) is 1.76. The fraction of sp³-hybridized carbons (Fsp3) is 0.400. The van der Waals surface area contributed by atoms with Gasteiger partial charge in [-0.1, -0.05) is 17.4 Å². The van der Waals surface area contributed by atoms with Crippen LogP contribution in [0.15, 0.2) is 29.6 Å². The van der Waals surface area contributed by atoms with Crippen molar-refractivity contribution in [1.29, 1.82) is 0 Å². The molecule has 154 valence electrons. The number of nitrogens with zero attached hydrogens (tertiary/aromatic N) is 2. The number of aromatic nitrogens is 1. The lowest BCUT2D eigenvalue weighted by Gasteiger charge is -2.29. The van der Waals surface area contributed by atoms with Crippen LogP contribution in [0.5, 0.6) is 10.9 Å². The molecule has 1 amide bonds. The Morgan fingerprint density at radius 2 is 2.17 bits per heavy atom. The van der Waals surface area contributed by atoms with Crippen molar-refractivity contribution in [2.45, 2.75) is 19.4 Å². The van der Waals surface area contributed by atoms with Crippen LogP contribution in [0.4, 0.5) is 10.5 Å². The summed E-state index contributed by atoms with van der Waals surface area (Å²) in [6, 6.07) is 7.96. The van der Waals surface area contributed by atoms with Gasteiger partial charge < -0.3 is 24.4 Å². The summed E-state index contributed by atoms with van der Waals surface area (Å²) < 4.78 is 17.4. The van der Waals surface area contributed by atoms with Gasteiger partial charge in [-0.25, -0.2) is 4.79 Å². The van der Waals surface area contributed by atoms with E-state index in [-0.39, 0.29) is 6.04 Å². The molecule has 1 N–H and O–H groups in total. The van der Waals surface area contributed by atoms with Gasteiger partial charge in [0.2, 0.25) is 0 Å². The number of fused-ring (bicyclic) bond motifs is 1. The van der Waals surface area contributed by atoms with E-state index in [2.05, 4.69) is 21.3 Å². The average Bonchev–Trinajstić information content (AvgIpc) is 3.37. The Bertz CT molecular complexity index is 968. The quantitative estimate of drug-likeness (QED) is 0.635. The van der Waals surface area contributed by atoms with Crippen LogP contribution in [-0.4, -0.2) is 50.5 Å². The number of methoxy groups -OCH3 is 1. The summed E-state index contributed by atoms with van der Waals surface area (Å²) in [7, 11) is 1.61. The van der Waals surface area contributed by atoms with Crippen molar-refractivity contribution in [2.24, 2.45) is 0 Å². The van der Waals surface area contributed by atoms with Crippen molar-refractivity contribution < 1.29 is 19.0 Å². The Labute approximate surface area is 177 Å². The smallest absolute Gasteiger partial charge is 0.414 e. The first kappa shape index (κ1) is 19.9. The minimum Gasteiger partial charge on any atom is -0.494 e. The molecule has 4 rings (SSSR count). The summed E-state index contributed by atoms with van der Waals surface area (Å²) in [6.07, 6.45) is 0.265. The standard InChI is InChI=1S/C20H23N3O4S2/c1-13(12-14-4-3-11-28-14)21-19(24)27-20-22-17-16(25-2)6-5-15(18(17)29-20)23-7-9-26-10-8-23/h3-6,11,13H,7-10,12H2,1-2H3,(H,21,24). The zero-order chi connectivity index (χ0) is 20.2. The molecule has 1 aromatic carbocycles. The fourth-order valence-electron chi connectivity index (χ4n) is 3.30. The minimum atomic E-state index is -0.500. The molecule has 7 nitrogen and oxygen atoms in total. The average molecular weight is 434 g/mol. The third-order valence-electron chi connectivity index (χ3n) is 4.67. The molecular weight excluding hydrogens is 410 g/mol. The molecule has 9 heteroatoms. The van der Waals surface area contributed by atoms with Crippen molar-refractivity contribution in [2.75, 3.05) is 38.3 Å². The van der Waals surface area contributed by atoms with E-state index >= 15 is 0 Å². The highest BCUT2D eigenvalue weighted by Gasteiger charge is 2.21. The number of amides is 1. The molecule has 0 radical (unpaired) electrons.